The molecule has 2 saturated heterocycles. The van der Waals surface area contributed by atoms with Crippen LogP contribution in [-0.4, -0.2) is 58.7 Å². The van der Waals surface area contributed by atoms with Crippen LogP contribution in [0.2, 0.25) is 0 Å². The zero-order valence-corrected chi connectivity index (χ0v) is 14.2. The average Bonchev–Trinajstić information content (AvgIpc) is 2.84. The van der Waals surface area contributed by atoms with Crippen molar-refractivity contribution in [2.45, 2.75) is 45.6 Å². The number of aromatic nitrogens is 2. The molecule has 23 heavy (non-hydrogen) atoms. The van der Waals surface area contributed by atoms with Crippen LogP contribution in [0.5, 0.6) is 0 Å². The van der Waals surface area contributed by atoms with E-state index >= 15 is 0 Å². The molecule has 6 heteroatoms. The van der Waals surface area contributed by atoms with Crippen molar-refractivity contribution in [2.24, 2.45) is 5.41 Å². The number of aryl methyl sites for hydroxylation is 2. The molecule has 1 N–H and O–H groups in total. The maximum atomic E-state index is 11.4. The minimum atomic E-state index is -0.689. The minimum absolute atomic E-state index is 0.157. The van der Waals surface area contributed by atoms with E-state index in [1.165, 1.54) is 0 Å². The summed E-state index contributed by atoms with van der Waals surface area (Å²) < 4.78 is 0. The number of hydrogen-bond acceptors (Lipinski definition) is 5. The number of nitrogens with zero attached hydrogens (tertiary/aromatic N) is 4. The van der Waals surface area contributed by atoms with E-state index in [-0.39, 0.29) is 11.5 Å². The van der Waals surface area contributed by atoms with Gasteiger partial charge >= 0.3 is 5.97 Å². The van der Waals surface area contributed by atoms with Gasteiger partial charge in [-0.15, -0.1) is 0 Å². The molecular weight excluding hydrogens is 292 g/mol. The van der Waals surface area contributed by atoms with Gasteiger partial charge in [-0.3, -0.25) is 9.69 Å². The number of piperidine rings is 1. The van der Waals surface area contributed by atoms with E-state index in [0.29, 0.717) is 0 Å². The van der Waals surface area contributed by atoms with Crippen molar-refractivity contribution in [3.63, 3.8) is 0 Å². The molecular formula is C17H26N4O2. The van der Waals surface area contributed by atoms with Crippen LogP contribution in [0.25, 0.3) is 0 Å². The Kier molecular flexibility index (Phi) is 4.27. The Morgan fingerprint density at radius 1 is 1.39 bits per heavy atom. The molecule has 1 atom stereocenters. The number of carboxylic acids is 1. The minimum Gasteiger partial charge on any atom is -0.480 e. The molecule has 126 valence electrons. The van der Waals surface area contributed by atoms with Crippen LogP contribution < -0.4 is 4.90 Å². The van der Waals surface area contributed by atoms with Crippen LogP contribution in [-0.2, 0) is 11.2 Å². The molecule has 3 heterocycles. The number of carboxylic acid groups (broad SMARTS) is 1. The third kappa shape index (κ3) is 3.17. The quantitative estimate of drug-likeness (QED) is 0.915. The summed E-state index contributed by atoms with van der Waals surface area (Å²) >= 11 is 0. The smallest absolute Gasteiger partial charge is 0.320 e. The highest BCUT2D eigenvalue weighted by Crippen LogP contribution is 2.43. The van der Waals surface area contributed by atoms with Gasteiger partial charge in [0.2, 0.25) is 0 Å². The van der Waals surface area contributed by atoms with E-state index in [2.05, 4.69) is 27.9 Å². The Labute approximate surface area is 137 Å². The van der Waals surface area contributed by atoms with E-state index in [9.17, 15) is 9.90 Å². The summed E-state index contributed by atoms with van der Waals surface area (Å²) in [6.07, 6.45) is 3.76. The number of aliphatic carboxylic acids is 1. The Bertz CT molecular complexity index is 596. The van der Waals surface area contributed by atoms with Crippen molar-refractivity contribution < 1.29 is 9.90 Å². The number of hydrogen-bond donors (Lipinski definition) is 1. The highest BCUT2D eigenvalue weighted by molar-refractivity contribution is 5.74. The second-order valence-electron chi connectivity index (χ2n) is 7.08. The molecule has 1 spiro atoms. The van der Waals surface area contributed by atoms with E-state index in [1.807, 2.05) is 18.9 Å². The lowest BCUT2D eigenvalue weighted by atomic mass is 9.76. The number of anilines is 1. The summed E-state index contributed by atoms with van der Waals surface area (Å²) in [6.45, 7) is 6.83. The van der Waals surface area contributed by atoms with Gasteiger partial charge in [-0.25, -0.2) is 9.97 Å². The van der Waals surface area contributed by atoms with Crippen LogP contribution in [0, 0.1) is 12.3 Å². The molecule has 2 aliphatic heterocycles. The topological polar surface area (TPSA) is 69.6 Å². The number of likely N-dealkylation sites (N-methyl/N-ethyl adjacent to an activating group) is 1. The van der Waals surface area contributed by atoms with Gasteiger partial charge in [0.1, 0.15) is 17.7 Å². The summed E-state index contributed by atoms with van der Waals surface area (Å²) in [6, 6.07) is 1.76. The van der Waals surface area contributed by atoms with Crippen molar-refractivity contribution in [1.29, 1.82) is 0 Å². The molecule has 2 fully saturated rings. The first-order valence-corrected chi connectivity index (χ1v) is 8.45. The Balaban J connectivity index is 1.69. The molecule has 0 bridgehead atoms. The number of likely N-dealkylation sites (tertiary alicyclic amines) is 1. The predicted octanol–water partition coefficient (Wildman–Crippen LogP) is 1.72. The molecule has 3 rings (SSSR count). The molecule has 6 nitrogen and oxygen atoms in total. The van der Waals surface area contributed by atoms with E-state index in [1.54, 1.807) is 0 Å². The summed E-state index contributed by atoms with van der Waals surface area (Å²) in [4.78, 5) is 24.7. The van der Waals surface area contributed by atoms with E-state index in [4.69, 9.17) is 0 Å². The van der Waals surface area contributed by atoms with Crippen molar-refractivity contribution in [2.75, 3.05) is 31.6 Å². The molecule has 0 saturated carbocycles. The summed E-state index contributed by atoms with van der Waals surface area (Å²) in [5.41, 5.74) is 1.24. The van der Waals surface area contributed by atoms with E-state index in [0.717, 1.165) is 62.7 Å². The van der Waals surface area contributed by atoms with Crippen LogP contribution in [0.15, 0.2) is 6.07 Å². The molecule has 1 aromatic rings. The second-order valence-corrected chi connectivity index (χ2v) is 7.08. The zero-order chi connectivity index (χ0) is 16.6. The van der Waals surface area contributed by atoms with Crippen molar-refractivity contribution >= 4 is 11.8 Å². The summed E-state index contributed by atoms with van der Waals surface area (Å²) in [5.74, 6) is 1.15. The fourth-order valence-electron chi connectivity index (χ4n) is 4.07. The van der Waals surface area contributed by atoms with Gasteiger partial charge in [0.05, 0.1) is 0 Å². The first-order valence-electron chi connectivity index (χ1n) is 8.45. The predicted molar refractivity (Wildman–Crippen MR) is 88.7 cm³/mol. The third-order valence-electron chi connectivity index (χ3n) is 5.42. The summed E-state index contributed by atoms with van der Waals surface area (Å²) in [7, 11) is 1.93. The van der Waals surface area contributed by atoms with Gasteiger partial charge in [-0.2, -0.15) is 0 Å². The first kappa shape index (κ1) is 16.2. The SMILES string of the molecule is CCc1cc(N2CCC3(CC2)C[C@H](C(=O)O)N(C)C3)nc(C)n1. The normalized spacial score (nSPS) is 24.3. The van der Waals surface area contributed by atoms with Gasteiger partial charge in [-0.05, 0) is 45.1 Å². The lowest BCUT2D eigenvalue weighted by molar-refractivity contribution is -0.141. The van der Waals surface area contributed by atoms with Crippen LogP contribution in [0.4, 0.5) is 5.82 Å². The lowest BCUT2D eigenvalue weighted by Crippen LogP contribution is -2.41. The molecule has 2 aliphatic rings. The highest BCUT2D eigenvalue weighted by atomic mass is 16.4. The largest absolute Gasteiger partial charge is 0.480 e. The Morgan fingerprint density at radius 2 is 2.09 bits per heavy atom. The zero-order valence-electron chi connectivity index (χ0n) is 14.2. The van der Waals surface area contributed by atoms with Gasteiger partial charge < -0.3 is 10.0 Å². The first-order chi connectivity index (χ1) is 10.9. The highest BCUT2D eigenvalue weighted by Gasteiger charge is 2.46. The monoisotopic (exact) mass is 318 g/mol. The van der Waals surface area contributed by atoms with Crippen molar-refractivity contribution in [1.82, 2.24) is 14.9 Å². The average molecular weight is 318 g/mol. The van der Waals surface area contributed by atoms with Crippen molar-refractivity contribution in [3.05, 3.63) is 17.6 Å². The molecule has 0 radical (unpaired) electrons. The standard InChI is InChI=1S/C17H26N4O2/c1-4-13-9-15(19-12(2)18-13)21-7-5-17(6-8-21)10-14(16(22)23)20(3)11-17/h9,14H,4-8,10-11H2,1-3H3,(H,22,23)/t14-/m1/s1. The van der Waals surface area contributed by atoms with Crippen LogP contribution in [0.3, 0.4) is 0 Å². The Hall–Kier alpha value is -1.69. The fourth-order valence-corrected chi connectivity index (χ4v) is 4.07. The third-order valence-corrected chi connectivity index (χ3v) is 5.42. The lowest BCUT2D eigenvalue weighted by Gasteiger charge is -2.39. The maximum Gasteiger partial charge on any atom is 0.320 e. The molecule has 1 aromatic heterocycles. The molecule has 0 unspecified atom stereocenters. The molecule has 0 aromatic carbocycles. The van der Waals surface area contributed by atoms with Gasteiger partial charge in [0, 0.05) is 31.4 Å². The molecule has 0 aliphatic carbocycles. The molecule has 0 amide bonds. The fraction of sp³-hybridized carbons (Fsp3) is 0.706. The van der Waals surface area contributed by atoms with Crippen LogP contribution in [0.1, 0.15) is 37.7 Å². The van der Waals surface area contributed by atoms with Gasteiger partial charge in [-0.1, -0.05) is 6.92 Å². The maximum absolute atomic E-state index is 11.4. The van der Waals surface area contributed by atoms with Gasteiger partial charge in [0.25, 0.3) is 0 Å². The van der Waals surface area contributed by atoms with Crippen LogP contribution >= 0.6 is 0 Å². The number of carbonyl (C=O) groups is 1. The number of rotatable bonds is 3. The van der Waals surface area contributed by atoms with E-state index < -0.39 is 5.97 Å². The Morgan fingerprint density at radius 3 is 2.65 bits per heavy atom. The van der Waals surface area contributed by atoms with Gasteiger partial charge in [0.15, 0.2) is 0 Å². The van der Waals surface area contributed by atoms with Crippen molar-refractivity contribution in [3.8, 4) is 0 Å². The second kappa shape index (κ2) is 6.07. The summed E-state index contributed by atoms with van der Waals surface area (Å²) in [5, 5.41) is 9.35.